The van der Waals surface area contributed by atoms with Gasteiger partial charge in [-0.3, -0.25) is 20.4 Å². The Kier molecular flexibility index (Phi) is 7.01. The second-order valence-corrected chi connectivity index (χ2v) is 5.87. The summed E-state index contributed by atoms with van der Waals surface area (Å²) in [7, 11) is 0. The Labute approximate surface area is 160 Å². The van der Waals surface area contributed by atoms with E-state index in [-0.39, 0.29) is 17.9 Å². The molecule has 2 amide bonds. The highest BCUT2D eigenvalue weighted by molar-refractivity contribution is 6.30. The van der Waals surface area contributed by atoms with Crippen molar-refractivity contribution >= 4 is 29.4 Å². The number of esters is 1. The van der Waals surface area contributed by atoms with Gasteiger partial charge < -0.3 is 14.6 Å². The predicted octanol–water partition coefficient (Wildman–Crippen LogP) is 1.74. The molecule has 0 aromatic heterocycles. The Morgan fingerprint density at radius 1 is 1.00 bits per heavy atom. The Balaban J connectivity index is 1.70. The number of aryl methyl sites for hydroxylation is 1. The normalized spacial score (nSPS) is 10.0. The molecule has 2 aromatic rings. The van der Waals surface area contributed by atoms with Crippen molar-refractivity contribution in [2.75, 3.05) is 13.2 Å². The van der Waals surface area contributed by atoms with E-state index in [9.17, 15) is 19.5 Å². The van der Waals surface area contributed by atoms with E-state index >= 15 is 0 Å². The van der Waals surface area contributed by atoms with Crippen LogP contribution >= 0.6 is 11.6 Å². The van der Waals surface area contributed by atoms with Gasteiger partial charge in [-0.1, -0.05) is 23.2 Å². The summed E-state index contributed by atoms with van der Waals surface area (Å²) in [5.41, 5.74) is 4.89. The molecule has 0 radical (unpaired) electrons. The van der Waals surface area contributed by atoms with Crippen LogP contribution in [-0.2, 0) is 14.3 Å². The van der Waals surface area contributed by atoms with E-state index in [1.807, 2.05) is 0 Å². The number of carbonyl (C=O) groups excluding carboxylic acids is 3. The zero-order valence-electron chi connectivity index (χ0n) is 14.3. The first-order valence-electron chi connectivity index (χ1n) is 7.78. The third-order valence-electron chi connectivity index (χ3n) is 3.23. The van der Waals surface area contributed by atoms with E-state index in [1.54, 1.807) is 37.3 Å². The van der Waals surface area contributed by atoms with Crippen LogP contribution in [0.3, 0.4) is 0 Å². The smallest absolute Gasteiger partial charge is 0.342 e. The Bertz CT molecular complexity index is 838. The predicted molar refractivity (Wildman–Crippen MR) is 96.4 cm³/mol. The van der Waals surface area contributed by atoms with E-state index in [0.717, 1.165) is 5.56 Å². The molecule has 0 aliphatic rings. The number of hydrazine groups is 1. The van der Waals surface area contributed by atoms with Gasteiger partial charge in [0.05, 0.1) is 0 Å². The summed E-state index contributed by atoms with van der Waals surface area (Å²) < 4.78 is 9.99. The molecule has 0 bridgehead atoms. The SMILES string of the molecule is Cc1ccc(O)c(C(=O)OCC(=O)NNC(=O)COc2ccc(Cl)cc2)c1. The quantitative estimate of drug-likeness (QED) is 0.509. The van der Waals surface area contributed by atoms with Crippen LogP contribution in [0, 0.1) is 6.92 Å². The summed E-state index contributed by atoms with van der Waals surface area (Å²) in [4.78, 5) is 35.1. The molecule has 0 saturated carbocycles. The lowest BCUT2D eigenvalue weighted by molar-refractivity contribution is -0.131. The average molecular weight is 393 g/mol. The van der Waals surface area contributed by atoms with E-state index in [4.69, 9.17) is 21.1 Å². The zero-order valence-corrected chi connectivity index (χ0v) is 15.1. The molecule has 0 atom stereocenters. The zero-order chi connectivity index (χ0) is 19.8. The average Bonchev–Trinajstić information content (AvgIpc) is 2.65. The number of aromatic hydroxyl groups is 1. The fraction of sp³-hybridized carbons (Fsp3) is 0.167. The van der Waals surface area contributed by atoms with E-state index in [0.29, 0.717) is 10.8 Å². The van der Waals surface area contributed by atoms with Gasteiger partial charge in [0.1, 0.15) is 17.1 Å². The second kappa shape index (κ2) is 9.44. The van der Waals surface area contributed by atoms with Crippen molar-refractivity contribution in [3.8, 4) is 11.5 Å². The van der Waals surface area contributed by atoms with Crippen molar-refractivity contribution in [2.24, 2.45) is 0 Å². The summed E-state index contributed by atoms with van der Waals surface area (Å²) in [5, 5.41) is 10.2. The molecule has 0 aliphatic carbocycles. The Morgan fingerprint density at radius 3 is 2.30 bits per heavy atom. The van der Waals surface area contributed by atoms with Crippen LogP contribution in [0.4, 0.5) is 0 Å². The van der Waals surface area contributed by atoms with Gasteiger partial charge in [0.25, 0.3) is 11.8 Å². The molecular weight excluding hydrogens is 376 g/mol. The van der Waals surface area contributed by atoms with Crippen LogP contribution in [0.15, 0.2) is 42.5 Å². The number of amides is 2. The highest BCUT2D eigenvalue weighted by Crippen LogP contribution is 2.19. The van der Waals surface area contributed by atoms with Gasteiger partial charge in [0.2, 0.25) is 0 Å². The van der Waals surface area contributed by atoms with Gasteiger partial charge in [-0.15, -0.1) is 0 Å². The maximum Gasteiger partial charge on any atom is 0.342 e. The van der Waals surface area contributed by atoms with Crippen molar-refractivity contribution in [1.29, 1.82) is 0 Å². The molecule has 0 aliphatic heterocycles. The molecule has 9 heteroatoms. The molecule has 0 spiro atoms. The molecule has 3 N–H and O–H groups in total. The minimum atomic E-state index is -0.858. The number of benzene rings is 2. The maximum absolute atomic E-state index is 11.9. The third kappa shape index (κ3) is 6.52. The minimum Gasteiger partial charge on any atom is -0.507 e. The van der Waals surface area contributed by atoms with Crippen LogP contribution in [0.2, 0.25) is 5.02 Å². The first-order chi connectivity index (χ1) is 12.8. The summed E-state index contributed by atoms with van der Waals surface area (Å²) in [6.45, 7) is 0.772. The number of halogens is 1. The topological polar surface area (TPSA) is 114 Å². The van der Waals surface area contributed by atoms with E-state index in [1.165, 1.54) is 12.1 Å². The molecule has 0 heterocycles. The van der Waals surface area contributed by atoms with Crippen molar-refractivity contribution in [2.45, 2.75) is 6.92 Å². The third-order valence-corrected chi connectivity index (χ3v) is 3.48. The number of ether oxygens (including phenoxy) is 2. The van der Waals surface area contributed by atoms with Crippen molar-refractivity contribution in [3.05, 3.63) is 58.6 Å². The first kappa shape index (κ1) is 20.1. The van der Waals surface area contributed by atoms with Crippen molar-refractivity contribution in [1.82, 2.24) is 10.9 Å². The van der Waals surface area contributed by atoms with Crippen molar-refractivity contribution < 1.29 is 29.0 Å². The summed E-state index contributed by atoms with van der Waals surface area (Å²) in [6.07, 6.45) is 0. The Morgan fingerprint density at radius 2 is 1.63 bits per heavy atom. The number of hydrogen-bond acceptors (Lipinski definition) is 6. The highest BCUT2D eigenvalue weighted by atomic mass is 35.5. The lowest BCUT2D eigenvalue weighted by Crippen LogP contribution is -2.45. The van der Waals surface area contributed by atoms with Crippen LogP contribution in [-0.4, -0.2) is 36.1 Å². The molecule has 142 valence electrons. The van der Waals surface area contributed by atoms with Gasteiger partial charge in [-0.25, -0.2) is 4.79 Å². The molecule has 8 nitrogen and oxygen atoms in total. The minimum absolute atomic E-state index is 0.0526. The fourth-order valence-corrected chi connectivity index (χ4v) is 2.04. The maximum atomic E-state index is 11.9. The first-order valence-corrected chi connectivity index (χ1v) is 8.16. The Hall–Kier alpha value is -3.26. The van der Waals surface area contributed by atoms with E-state index < -0.39 is 24.4 Å². The van der Waals surface area contributed by atoms with Crippen molar-refractivity contribution in [3.63, 3.8) is 0 Å². The highest BCUT2D eigenvalue weighted by Gasteiger charge is 2.15. The van der Waals surface area contributed by atoms with E-state index in [2.05, 4.69) is 10.9 Å². The molecule has 27 heavy (non-hydrogen) atoms. The van der Waals surface area contributed by atoms with Crippen LogP contribution in [0.1, 0.15) is 15.9 Å². The van der Waals surface area contributed by atoms with Gasteiger partial charge in [0.15, 0.2) is 13.2 Å². The molecular formula is C18H17ClN2O6. The van der Waals surface area contributed by atoms with Crippen LogP contribution in [0.5, 0.6) is 11.5 Å². The van der Waals surface area contributed by atoms with Crippen LogP contribution in [0.25, 0.3) is 0 Å². The van der Waals surface area contributed by atoms with Crippen LogP contribution < -0.4 is 15.6 Å². The number of carbonyl (C=O) groups is 3. The molecule has 2 rings (SSSR count). The molecule has 0 fully saturated rings. The standard InChI is InChI=1S/C18H17ClN2O6/c1-11-2-7-15(22)14(8-11)18(25)27-10-17(24)21-20-16(23)9-26-13-5-3-12(19)4-6-13/h2-8,22H,9-10H2,1H3,(H,20,23)(H,21,24). The van der Waals surface area contributed by atoms with Gasteiger partial charge in [-0.05, 0) is 43.3 Å². The second-order valence-electron chi connectivity index (χ2n) is 5.44. The lowest BCUT2D eigenvalue weighted by Gasteiger charge is -2.10. The van der Waals surface area contributed by atoms with Gasteiger partial charge in [-0.2, -0.15) is 0 Å². The molecule has 0 unspecified atom stereocenters. The van der Waals surface area contributed by atoms with Gasteiger partial charge in [0, 0.05) is 5.02 Å². The summed E-state index contributed by atoms with van der Waals surface area (Å²) >= 11 is 5.73. The number of rotatable bonds is 6. The number of nitrogens with one attached hydrogen (secondary N) is 2. The summed E-state index contributed by atoms with van der Waals surface area (Å²) in [6, 6.07) is 10.8. The number of phenolic OH excluding ortho intramolecular Hbond substituents is 1. The lowest BCUT2D eigenvalue weighted by atomic mass is 10.1. The van der Waals surface area contributed by atoms with Gasteiger partial charge >= 0.3 is 5.97 Å². The number of phenols is 1. The monoisotopic (exact) mass is 392 g/mol. The number of hydrogen-bond donors (Lipinski definition) is 3. The summed E-state index contributed by atoms with van der Waals surface area (Å²) in [5.74, 6) is -2.04. The molecule has 2 aromatic carbocycles. The fourth-order valence-electron chi connectivity index (χ4n) is 1.91. The largest absolute Gasteiger partial charge is 0.507 e. The molecule has 0 saturated heterocycles.